The van der Waals surface area contributed by atoms with Crippen LogP contribution in [0, 0.1) is 20.8 Å². The molecule has 1 unspecified atom stereocenters. The molecule has 0 amide bonds. The Bertz CT molecular complexity index is 1170. The van der Waals surface area contributed by atoms with E-state index in [9.17, 15) is 5.11 Å². The van der Waals surface area contributed by atoms with Crippen LogP contribution >= 0.6 is 0 Å². The number of aliphatic hydroxyl groups is 1. The van der Waals surface area contributed by atoms with Crippen LogP contribution in [-0.4, -0.2) is 72.5 Å². The SMILES string of the molecule is CNCC(O)COc1cccc(-c2nc(CCC3(OC)CCOCC3)c(C)c(-c3c(C)noc3C)n2)c1. The highest BCUT2D eigenvalue weighted by Gasteiger charge is 2.33. The van der Waals surface area contributed by atoms with E-state index in [4.69, 9.17) is 28.7 Å². The van der Waals surface area contributed by atoms with Crippen LogP contribution in [0.3, 0.4) is 0 Å². The van der Waals surface area contributed by atoms with E-state index in [1.165, 1.54) is 0 Å². The zero-order chi connectivity index (χ0) is 26.4. The topological polar surface area (TPSA) is 112 Å². The Morgan fingerprint density at radius 1 is 1.16 bits per heavy atom. The summed E-state index contributed by atoms with van der Waals surface area (Å²) in [7, 11) is 3.58. The average molecular weight is 511 g/mol. The van der Waals surface area contributed by atoms with Gasteiger partial charge < -0.3 is 29.2 Å². The number of nitrogens with one attached hydrogen (secondary N) is 1. The monoisotopic (exact) mass is 510 g/mol. The van der Waals surface area contributed by atoms with Gasteiger partial charge in [0.1, 0.15) is 24.2 Å². The summed E-state index contributed by atoms with van der Waals surface area (Å²) >= 11 is 0. The van der Waals surface area contributed by atoms with Gasteiger partial charge in [0.15, 0.2) is 5.82 Å². The number of aliphatic hydroxyl groups excluding tert-OH is 1. The van der Waals surface area contributed by atoms with Gasteiger partial charge in [-0.25, -0.2) is 9.97 Å². The van der Waals surface area contributed by atoms with Gasteiger partial charge in [-0.2, -0.15) is 0 Å². The molecule has 0 radical (unpaired) electrons. The number of hydrogen-bond donors (Lipinski definition) is 2. The number of aromatic nitrogens is 3. The Balaban J connectivity index is 1.70. The van der Waals surface area contributed by atoms with Gasteiger partial charge in [-0.05, 0) is 71.2 Å². The number of ether oxygens (including phenoxy) is 3. The summed E-state index contributed by atoms with van der Waals surface area (Å²) in [5, 5.41) is 17.1. The predicted molar refractivity (Wildman–Crippen MR) is 141 cm³/mol. The summed E-state index contributed by atoms with van der Waals surface area (Å²) in [5.41, 5.74) is 5.13. The van der Waals surface area contributed by atoms with Crippen LogP contribution in [0.4, 0.5) is 0 Å². The number of methoxy groups -OCH3 is 1. The minimum absolute atomic E-state index is 0.192. The van der Waals surface area contributed by atoms with Gasteiger partial charge in [-0.3, -0.25) is 0 Å². The lowest BCUT2D eigenvalue weighted by Crippen LogP contribution is -2.38. The molecule has 1 aliphatic rings. The van der Waals surface area contributed by atoms with Gasteiger partial charge in [0, 0.05) is 38.1 Å². The van der Waals surface area contributed by atoms with E-state index in [2.05, 4.69) is 17.4 Å². The van der Waals surface area contributed by atoms with Crippen molar-refractivity contribution in [1.29, 1.82) is 0 Å². The first kappa shape index (κ1) is 27.2. The Morgan fingerprint density at radius 3 is 2.62 bits per heavy atom. The molecule has 9 nitrogen and oxygen atoms in total. The first-order valence-corrected chi connectivity index (χ1v) is 12.9. The fourth-order valence-corrected chi connectivity index (χ4v) is 4.86. The Hall–Kier alpha value is -2.85. The van der Waals surface area contributed by atoms with Crippen molar-refractivity contribution in [2.24, 2.45) is 0 Å². The lowest BCUT2D eigenvalue weighted by atomic mass is 9.87. The second-order valence-electron chi connectivity index (χ2n) is 9.72. The summed E-state index contributed by atoms with van der Waals surface area (Å²) < 4.78 is 22.9. The largest absolute Gasteiger partial charge is 0.491 e. The van der Waals surface area contributed by atoms with Crippen LogP contribution < -0.4 is 10.1 Å². The standard InChI is InChI=1S/C28H38N4O5/c1-18-24(9-10-28(34-5)11-13-35-14-12-28)30-27(31-26(18)25-19(2)32-37-20(25)3)21-7-6-8-23(15-21)36-17-22(33)16-29-4/h6-8,15,22,29,33H,9-14,16-17H2,1-5H3. The zero-order valence-electron chi connectivity index (χ0n) is 22.5. The first-order valence-electron chi connectivity index (χ1n) is 12.9. The van der Waals surface area contributed by atoms with Crippen LogP contribution in [0.25, 0.3) is 22.6 Å². The Labute approximate surface area is 218 Å². The molecule has 3 heterocycles. The van der Waals surface area contributed by atoms with Gasteiger partial charge >= 0.3 is 0 Å². The Morgan fingerprint density at radius 2 is 1.95 bits per heavy atom. The van der Waals surface area contributed by atoms with Crippen LogP contribution in [-0.2, 0) is 15.9 Å². The van der Waals surface area contributed by atoms with Crippen LogP contribution in [0.15, 0.2) is 28.8 Å². The molecule has 1 aromatic carbocycles. The number of likely N-dealkylation sites (N-methyl/N-ethyl adjacent to an activating group) is 1. The van der Waals surface area contributed by atoms with Crippen molar-refractivity contribution in [2.45, 2.75) is 58.2 Å². The summed E-state index contributed by atoms with van der Waals surface area (Å²) in [6.45, 7) is 7.97. The zero-order valence-corrected chi connectivity index (χ0v) is 22.5. The van der Waals surface area contributed by atoms with Crippen molar-refractivity contribution in [3.8, 4) is 28.4 Å². The Kier molecular flexibility index (Phi) is 8.91. The fourth-order valence-electron chi connectivity index (χ4n) is 4.86. The average Bonchev–Trinajstić information content (AvgIpc) is 3.25. The molecule has 1 fully saturated rings. The molecule has 2 N–H and O–H groups in total. The molecule has 0 aliphatic carbocycles. The molecule has 4 rings (SSSR count). The molecule has 3 aromatic rings. The maximum absolute atomic E-state index is 10.0. The van der Waals surface area contributed by atoms with Crippen LogP contribution in [0.2, 0.25) is 0 Å². The second-order valence-corrected chi connectivity index (χ2v) is 9.72. The molecule has 200 valence electrons. The number of hydrogen-bond acceptors (Lipinski definition) is 9. The molecule has 0 saturated carbocycles. The third-order valence-electron chi connectivity index (χ3n) is 7.15. The summed E-state index contributed by atoms with van der Waals surface area (Å²) in [6.07, 6.45) is 2.74. The van der Waals surface area contributed by atoms with Gasteiger partial charge in [0.25, 0.3) is 0 Å². The van der Waals surface area contributed by atoms with Crippen LogP contribution in [0.1, 0.15) is 42.0 Å². The maximum atomic E-state index is 10.0. The van der Waals surface area contributed by atoms with Gasteiger partial charge in [-0.15, -0.1) is 0 Å². The van der Waals surface area contributed by atoms with E-state index in [-0.39, 0.29) is 12.2 Å². The molecule has 9 heteroatoms. The van der Waals surface area contributed by atoms with Crippen molar-refractivity contribution in [1.82, 2.24) is 20.4 Å². The molecule has 2 aromatic heterocycles. The van der Waals surface area contributed by atoms with Gasteiger partial charge in [-0.1, -0.05) is 17.3 Å². The van der Waals surface area contributed by atoms with Crippen molar-refractivity contribution in [3.05, 3.63) is 47.0 Å². The van der Waals surface area contributed by atoms with E-state index in [1.54, 1.807) is 14.2 Å². The quantitative estimate of drug-likeness (QED) is 0.398. The third-order valence-corrected chi connectivity index (χ3v) is 7.15. The van der Waals surface area contributed by atoms with E-state index in [1.807, 2.05) is 38.1 Å². The minimum atomic E-state index is -0.597. The van der Waals surface area contributed by atoms with Crippen molar-refractivity contribution in [2.75, 3.05) is 40.5 Å². The first-order chi connectivity index (χ1) is 17.9. The number of nitrogens with zero attached hydrogens (tertiary/aromatic N) is 3. The molecule has 0 bridgehead atoms. The van der Waals surface area contributed by atoms with E-state index >= 15 is 0 Å². The van der Waals surface area contributed by atoms with E-state index in [0.717, 1.165) is 65.2 Å². The lowest BCUT2D eigenvalue weighted by Gasteiger charge is -2.36. The van der Waals surface area contributed by atoms with Crippen LogP contribution in [0.5, 0.6) is 5.75 Å². The summed E-state index contributed by atoms with van der Waals surface area (Å²) in [6, 6.07) is 7.66. The number of rotatable bonds is 11. The maximum Gasteiger partial charge on any atom is 0.160 e. The summed E-state index contributed by atoms with van der Waals surface area (Å²) in [4.78, 5) is 10.0. The predicted octanol–water partition coefficient (Wildman–Crippen LogP) is 3.81. The van der Waals surface area contributed by atoms with Crippen molar-refractivity contribution in [3.63, 3.8) is 0 Å². The second kappa shape index (κ2) is 12.1. The minimum Gasteiger partial charge on any atom is -0.491 e. The molecule has 0 spiro atoms. The van der Waals surface area contributed by atoms with E-state index < -0.39 is 6.10 Å². The highest BCUT2D eigenvalue weighted by molar-refractivity contribution is 5.71. The number of benzene rings is 1. The lowest BCUT2D eigenvalue weighted by molar-refractivity contribution is -0.0937. The smallest absolute Gasteiger partial charge is 0.160 e. The normalized spacial score (nSPS) is 16.1. The van der Waals surface area contributed by atoms with Crippen molar-refractivity contribution < 1.29 is 23.8 Å². The van der Waals surface area contributed by atoms with Crippen molar-refractivity contribution >= 4 is 0 Å². The third kappa shape index (κ3) is 6.35. The van der Waals surface area contributed by atoms with Gasteiger partial charge in [0.05, 0.1) is 22.6 Å². The molecular formula is C28H38N4O5. The molecule has 1 atom stereocenters. The molecule has 1 saturated heterocycles. The highest BCUT2D eigenvalue weighted by atomic mass is 16.5. The fraction of sp³-hybridized carbons (Fsp3) is 0.536. The van der Waals surface area contributed by atoms with Gasteiger partial charge in [0.2, 0.25) is 0 Å². The summed E-state index contributed by atoms with van der Waals surface area (Å²) in [5.74, 6) is 1.98. The highest BCUT2D eigenvalue weighted by Crippen LogP contribution is 2.34. The molecule has 37 heavy (non-hydrogen) atoms. The molecular weight excluding hydrogens is 472 g/mol. The number of aryl methyl sites for hydroxylation is 3. The van der Waals surface area contributed by atoms with E-state index in [0.29, 0.717) is 31.3 Å². The molecule has 1 aliphatic heterocycles.